The number of aryl methyl sites for hydroxylation is 1. The topological polar surface area (TPSA) is 84.1 Å². The highest BCUT2D eigenvalue weighted by Crippen LogP contribution is 2.29. The minimum absolute atomic E-state index is 0.0173. The molecule has 0 radical (unpaired) electrons. The van der Waals surface area contributed by atoms with Crippen LogP contribution in [-0.2, 0) is 11.2 Å². The predicted octanol–water partition coefficient (Wildman–Crippen LogP) is 1.34. The maximum absolute atomic E-state index is 11.6. The monoisotopic (exact) mass is 279 g/mol. The molecule has 6 nitrogen and oxygen atoms in total. The summed E-state index contributed by atoms with van der Waals surface area (Å²) >= 11 is 1.60. The number of nitrogen functional groups attached to an aromatic ring is 1. The molecule has 0 aromatic carbocycles. The lowest BCUT2D eigenvalue weighted by molar-refractivity contribution is -0.126. The van der Waals surface area contributed by atoms with Gasteiger partial charge in [0, 0.05) is 19.0 Å². The Morgan fingerprint density at radius 1 is 1.47 bits per heavy atom. The SMILES string of the molecule is CCc1cc2c(NCC(=O)N(C)C)nc(N)nc2s1. The van der Waals surface area contributed by atoms with Crippen LogP contribution in [0.5, 0.6) is 0 Å². The van der Waals surface area contributed by atoms with E-state index >= 15 is 0 Å². The summed E-state index contributed by atoms with van der Waals surface area (Å²) in [5.74, 6) is 0.821. The van der Waals surface area contributed by atoms with E-state index in [2.05, 4.69) is 22.2 Å². The van der Waals surface area contributed by atoms with E-state index in [-0.39, 0.29) is 18.4 Å². The number of nitrogens with zero attached hydrogens (tertiary/aromatic N) is 3. The van der Waals surface area contributed by atoms with Crippen molar-refractivity contribution in [3.63, 3.8) is 0 Å². The minimum Gasteiger partial charge on any atom is -0.368 e. The van der Waals surface area contributed by atoms with Crippen molar-refractivity contribution in [1.82, 2.24) is 14.9 Å². The summed E-state index contributed by atoms with van der Waals surface area (Å²) in [4.78, 5) is 23.6. The van der Waals surface area contributed by atoms with Gasteiger partial charge >= 0.3 is 0 Å². The average Bonchev–Trinajstić information content (AvgIpc) is 2.78. The fourth-order valence-electron chi connectivity index (χ4n) is 1.61. The van der Waals surface area contributed by atoms with Crippen LogP contribution in [0.1, 0.15) is 11.8 Å². The van der Waals surface area contributed by atoms with Crippen molar-refractivity contribution in [2.24, 2.45) is 0 Å². The van der Waals surface area contributed by atoms with Gasteiger partial charge in [0.15, 0.2) is 0 Å². The molecule has 0 saturated carbocycles. The van der Waals surface area contributed by atoms with Crippen LogP contribution >= 0.6 is 11.3 Å². The number of rotatable bonds is 4. The van der Waals surface area contributed by atoms with Crippen LogP contribution in [0.2, 0.25) is 0 Å². The Kier molecular flexibility index (Phi) is 3.84. The van der Waals surface area contributed by atoms with Crippen molar-refractivity contribution < 1.29 is 4.79 Å². The number of likely N-dealkylation sites (N-methyl/N-ethyl adjacent to an activating group) is 1. The Hall–Kier alpha value is -1.89. The molecule has 2 aromatic rings. The largest absolute Gasteiger partial charge is 0.368 e. The lowest BCUT2D eigenvalue weighted by Crippen LogP contribution is -2.28. The van der Waals surface area contributed by atoms with Gasteiger partial charge in [-0.15, -0.1) is 11.3 Å². The van der Waals surface area contributed by atoms with Crippen LogP contribution in [0.25, 0.3) is 10.2 Å². The molecular formula is C12H17N5OS. The van der Waals surface area contributed by atoms with Gasteiger partial charge < -0.3 is 16.0 Å². The first-order valence-electron chi connectivity index (χ1n) is 6.01. The van der Waals surface area contributed by atoms with Crippen molar-refractivity contribution in [2.45, 2.75) is 13.3 Å². The van der Waals surface area contributed by atoms with Gasteiger partial charge in [0.05, 0.1) is 11.9 Å². The van der Waals surface area contributed by atoms with E-state index in [1.807, 2.05) is 6.07 Å². The molecule has 19 heavy (non-hydrogen) atoms. The summed E-state index contributed by atoms with van der Waals surface area (Å²) in [7, 11) is 3.43. The third-order valence-electron chi connectivity index (χ3n) is 2.72. The van der Waals surface area contributed by atoms with Crippen molar-refractivity contribution in [3.05, 3.63) is 10.9 Å². The van der Waals surface area contributed by atoms with Crippen LogP contribution in [0, 0.1) is 0 Å². The normalized spacial score (nSPS) is 10.7. The molecule has 3 N–H and O–H groups in total. The van der Waals surface area contributed by atoms with Crippen molar-refractivity contribution in [1.29, 1.82) is 0 Å². The standard InChI is InChI=1S/C12H17N5OS/c1-4-7-5-8-10(14-6-9(18)17(2)3)15-12(13)16-11(8)19-7/h5H,4,6H2,1-3H3,(H3,13,14,15,16). The Morgan fingerprint density at radius 2 is 2.21 bits per heavy atom. The molecule has 0 spiro atoms. The second kappa shape index (κ2) is 5.40. The molecule has 0 atom stereocenters. The van der Waals surface area contributed by atoms with Gasteiger partial charge in [0.2, 0.25) is 11.9 Å². The maximum Gasteiger partial charge on any atom is 0.241 e. The van der Waals surface area contributed by atoms with Gasteiger partial charge in [0.25, 0.3) is 0 Å². The lowest BCUT2D eigenvalue weighted by Gasteiger charge is -2.11. The molecule has 0 aliphatic heterocycles. The van der Waals surface area contributed by atoms with Crippen LogP contribution in [0.15, 0.2) is 6.07 Å². The maximum atomic E-state index is 11.6. The number of aromatic nitrogens is 2. The zero-order chi connectivity index (χ0) is 14.0. The van der Waals surface area contributed by atoms with Gasteiger partial charge in [-0.3, -0.25) is 4.79 Å². The molecule has 2 heterocycles. The Morgan fingerprint density at radius 3 is 2.84 bits per heavy atom. The summed E-state index contributed by atoms with van der Waals surface area (Å²) in [6, 6.07) is 2.04. The second-order valence-corrected chi connectivity index (χ2v) is 5.47. The minimum atomic E-state index is -0.0173. The van der Waals surface area contributed by atoms with E-state index in [1.165, 1.54) is 9.78 Å². The van der Waals surface area contributed by atoms with Crippen LogP contribution in [0.3, 0.4) is 0 Å². The van der Waals surface area contributed by atoms with Gasteiger partial charge in [-0.2, -0.15) is 4.98 Å². The van der Waals surface area contributed by atoms with E-state index < -0.39 is 0 Å². The first-order valence-corrected chi connectivity index (χ1v) is 6.83. The number of hydrogen-bond acceptors (Lipinski definition) is 6. The van der Waals surface area contributed by atoms with Crippen molar-refractivity contribution >= 4 is 39.2 Å². The molecule has 0 fully saturated rings. The highest BCUT2D eigenvalue weighted by molar-refractivity contribution is 7.18. The Bertz CT molecular complexity index is 607. The number of carbonyl (C=O) groups excluding carboxylic acids is 1. The van der Waals surface area contributed by atoms with Gasteiger partial charge in [-0.05, 0) is 12.5 Å². The number of anilines is 2. The molecule has 102 valence electrons. The van der Waals surface area contributed by atoms with E-state index in [4.69, 9.17) is 5.73 Å². The van der Waals surface area contributed by atoms with Gasteiger partial charge in [-0.1, -0.05) is 6.92 Å². The summed E-state index contributed by atoms with van der Waals surface area (Å²) < 4.78 is 0. The number of thiophene rings is 1. The number of fused-ring (bicyclic) bond motifs is 1. The molecule has 0 saturated heterocycles. The molecule has 0 aliphatic rings. The molecule has 1 amide bonds. The second-order valence-electron chi connectivity index (χ2n) is 4.36. The molecule has 0 aliphatic carbocycles. The molecule has 2 aromatic heterocycles. The zero-order valence-electron chi connectivity index (χ0n) is 11.2. The molecule has 2 rings (SSSR count). The molecular weight excluding hydrogens is 262 g/mol. The van der Waals surface area contributed by atoms with Crippen molar-refractivity contribution in [3.8, 4) is 0 Å². The number of carbonyl (C=O) groups is 1. The fourth-order valence-corrected chi connectivity index (χ4v) is 2.59. The van der Waals surface area contributed by atoms with E-state index in [0.29, 0.717) is 5.82 Å². The average molecular weight is 279 g/mol. The summed E-state index contributed by atoms with van der Waals surface area (Å²) in [5, 5.41) is 3.95. The summed E-state index contributed by atoms with van der Waals surface area (Å²) in [6.07, 6.45) is 0.941. The van der Waals surface area contributed by atoms with Crippen molar-refractivity contribution in [2.75, 3.05) is 31.7 Å². The highest BCUT2D eigenvalue weighted by atomic mass is 32.1. The van der Waals surface area contributed by atoms with Crippen LogP contribution in [0.4, 0.5) is 11.8 Å². The Balaban J connectivity index is 2.31. The van der Waals surface area contributed by atoms with Crippen LogP contribution in [-0.4, -0.2) is 41.4 Å². The first kappa shape index (κ1) is 13.5. The smallest absolute Gasteiger partial charge is 0.241 e. The van der Waals surface area contributed by atoms with Crippen LogP contribution < -0.4 is 11.1 Å². The third kappa shape index (κ3) is 2.93. The first-order chi connectivity index (χ1) is 9.01. The number of amides is 1. The molecule has 7 heteroatoms. The van der Waals surface area contributed by atoms with Gasteiger partial charge in [0.1, 0.15) is 10.6 Å². The number of nitrogens with one attached hydrogen (secondary N) is 1. The lowest BCUT2D eigenvalue weighted by atomic mass is 10.3. The third-order valence-corrected chi connectivity index (χ3v) is 3.89. The summed E-state index contributed by atoms with van der Waals surface area (Å²) in [5.41, 5.74) is 5.69. The molecule has 0 bridgehead atoms. The Labute approximate surface area is 115 Å². The fraction of sp³-hybridized carbons (Fsp3) is 0.417. The van der Waals surface area contributed by atoms with E-state index in [1.54, 1.807) is 25.4 Å². The van der Waals surface area contributed by atoms with E-state index in [0.717, 1.165) is 16.6 Å². The van der Waals surface area contributed by atoms with E-state index in [9.17, 15) is 4.79 Å². The molecule has 0 unspecified atom stereocenters. The summed E-state index contributed by atoms with van der Waals surface area (Å²) in [6.45, 7) is 2.28. The zero-order valence-corrected chi connectivity index (χ0v) is 12.0. The predicted molar refractivity (Wildman–Crippen MR) is 78.4 cm³/mol. The van der Waals surface area contributed by atoms with Gasteiger partial charge in [-0.25, -0.2) is 4.98 Å². The number of nitrogens with two attached hydrogens (primary N) is 1. The quantitative estimate of drug-likeness (QED) is 0.882. The highest BCUT2D eigenvalue weighted by Gasteiger charge is 2.11. The number of hydrogen-bond donors (Lipinski definition) is 2.